The van der Waals surface area contributed by atoms with Gasteiger partial charge in [-0.2, -0.15) is 0 Å². The summed E-state index contributed by atoms with van der Waals surface area (Å²) in [6.07, 6.45) is 3.16. The fraction of sp³-hybridized carbons (Fsp3) is 0.0526. The van der Waals surface area contributed by atoms with Crippen molar-refractivity contribution in [3.63, 3.8) is 0 Å². The SMILES string of the molecule is O=C(Nc1ccc(F)cc1)c1ccc(S(=O)(=O)NCc2ccncc2)cc1. The van der Waals surface area contributed by atoms with Crippen molar-refractivity contribution in [3.05, 3.63) is 90.0 Å². The molecule has 0 atom stereocenters. The molecule has 27 heavy (non-hydrogen) atoms. The smallest absolute Gasteiger partial charge is 0.255 e. The molecule has 1 amide bonds. The summed E-state index contributed by atoms with van der Waals surface area (Å²) in [5.74, 6) is -0.822. The van der Waals surface area contributed by atoms with Crippen molar-refractivity contribution < 1.29 is 17.6 Å². The van der Waals surface area contributed by atoms with Crippen molar-refractivity contribution in [2.45, 2.75) is 11.4 Å². The normalized spacial score (nSPS) is 11.1. The minimum Gasteiger partial charge on any atom is -0.322 e. The van der Waals surface area contributed by atoms with Gasteiger partial charge >= 0.3 is 0 Å². The quantitative estimate of drug-likeness (QED) is 0.683. The maximum Gasteiger partial charge on any atom is 0.255 e. The summed E-state index contributed by atoms with van der Waals surface area (Å²) in [5.41, 5.74) is 1.51. The van der Waals surface area contributed by atoms with Crippen molar-refractivity contribution >= 4 is 21.6 Å². The lowest BCUT2D eigenvalue weighted by Crippen LogP contribution is -2.23. The number of carbonyl (C=O) groups excluding carboxylic acids is 1. The lowest BCUT2D eigenvalue weighted by atomic mass is 10.2. The van der Waals surface area contributed by atoms with Crippen LogP contribution in [0.4, 0.5) is 10.1 Å². The van der Waals surface area contributed by atoms with Crippen LogP contribution in [0.5, 0.6) is 0 Å². The Balaban J connectivity index is 1.66. The summed E-state index contributed by atoms with van der Waals surface area (Å²) in [7, 11) is -3.71. The van der Waals surface area contributed by atoms with E-state index in [4.69, 9.17) is 0 Å². The first-order chi connectivity index (χ1) is 12.9. The molecule has 0 aliphatic carbocycles. The van der Waals surface area contributed by atoms with Gasteiger partial charge in [-0.05, 0) is 66.2 Å². The molecule has 0 spiro atoms. The van der Waals surface area contributed by atoms with E-state index in [0.717, 1.165) is 5.56 Å². The molecule has 138 valence electrons. The molecule has 0 saturated heterocycles. The number of nitrogens with one attached hydrogen (secondary N) is 2. The van der Waals surface area contributed by atoms with E-state index in [2.05, 4.69) is 15.0 Å². The topological polar surface area (TPSA) is 88.2 Å². The van der Waals surface area contributed by atoms with Crippen LogP contribution in [-0.4, -0.2) is 19.3 Å². The van der Waals surface area contributed by atoms with Crippen LogP contribution in [0.15, 0.2) is 78.0 Å². The fourth-order valence-corrected chi connectivity index (χ4v) is 3.30. The van der Waals surface area contributed by atoms with E-state index >= 15 is 0 Å². The second-order valence-corrected chi connectivity index (χ2v) is 7.43. The maximum absolute atomic E-state index is 12.9. The van der Waals surface area contributed by atoms with Crippen LogP contribution >= 0.6 is 0 Å². The molecule has 0 aliphatic heterocycles. The van der Waals surface area contributed by atoms with Crippen molar-refractivity contribution in [1.82, 2.24) is 9.71 Å². The highest BCUT2D eigenvalue weighted by Crippen LogP contribution is 2.14. The van der Waals surface area contributed by atoms with Gasteiger partial charge in [0.05, 0.1) is 4.90 Å². The zero-order valence-electron chi connectivity index (χ0n) is 14.1. The molecule has 0 fully saturated rings. The zero-order valence-corrected chi connectivity index (χ0v) is 14.9. The second kappa shape index (κ2) is 8.07. The molecule has 0 bridgehead atoms. The number of hydrogen-bond acceptors (Lipinski definition) is 4. The molecule has 3 aromatic rings. The predicted octanol–water partition coefficient (Wildman–Crippen LogP) is 2.95. The summed E-state index contributed by atoms with van der Waals surface area (Å²) in [5, 5.41) is 2.61. The first-order valence-electron chi connectivity index (χ1n) is 7.99. The van der Waals surface area contributed by atoms with Gasteiger partial charge < -0.3 is 5.32 Å². The number of halogens is 1. The van der Waals surface area contributed by atoms with Gasteiger partial charge in [0.25, 0.3) is 5.91 Å². The molecule has 0 aliphatic rings. The van der Waals surface area contributed by atoms with Gasteiger partial charge in [-0.1, -0.05) is 0 Å². The minimum atomic E-state index is -3.71. The van der Waals surface area contributed by atoms with Crippen LogP contribution in [0.1, 0.15) is 15.9 Å². The monoisotopic (exact) mass is 385 g/mol. The molecule has 1 aromatic heterocycles. The molecule has 0 saturated carbocycles. The van der Waals surface area contributed by atoms with Gasteiger partial charge in [0.1, 0.15) is 5.82 Å². The first-order valence-corrected chi connectivity index (χ1v) is 9.48. The van der Waals surface area contributed by atoms with E-state index in [1.54, 1.807) is 24.5 Å². The summed E-state index contributed by atoms with van der Waals surface area (Å²) < 4.78 is 40.1. The van der Waals surface area contributed by atoms with Crippen molar-refractivity contribution in [3.8, 4) is 0 Å². The van der Waals surface area contributed by atoms with Crippen molar-refractivity contribution in [2.24, 2.45) is 0 Å². The van der Waals surface area contributed by atoms with Gasteiger partial charge in [0, 0.05) is 30.2 Å². The van der Waals surface area contributed by atoms with E-state index in [-0.39, 0.29) is 17.0 Å². The number of benzene rings is 2. The highest BCUT2D eigenvalue weighted by molar-refractivity contribution is 7.89. The van der Waals surface area contributed by atoms with E-state index < -0.39 is 21.7 Å². The van der Waals surface area contributed by atoms with Crippen molar-refractivity contribution in [2.75, 3.05) is 5.32 Å². The number of hydrogen-bond donors (Lipinski definition) is 2. The Labute approximate surface area is 156 Å². The van der Waals surface area contributed by atoms with Crippen LogP contribution in [0.3, 0.4) is 0 Å². The molecule has 6 nitrogen and oxygen atoms in total. The Morgan fingerprint density at radius 3 is 2.19 bits per heavy atom. The van der Waals surface area contributed by atoms with E-state index in [0.29, 0.717) is 5.69 Å². The number of anilines is 1. The number of sulfonamides is 1. The van der Waals surface area contributed by atoms with Gasteiger partial charge in [-0.3, -0.25) is 9.78 Å². The molecule has 3 rings (SSSR count). The highest BCUT2D eigenvalue weighted by atomic mass is 32.2. The number of amides is 1. The second-order valence-electron chi connectivity index (χ2n) is 5.67. The third-order valence-electron chi connectivity index (χ3n) is 3.74. The number of aromatic nitrogens is 1. The average molecular weight is 385 g/mol. The van der Waals surface area contributed by atoms with Gasteiger partial charge in [-0.15, -0.1) is 0 Å². The van der Waals surface area contributed by atoms with Gasteiger partial charge in [0.2, 0.25) is 10.0 Å². The molecular weight excluding hydrogens is 369 g/mol. The van der Waals surface area contributed by atoms with E-state index in [1.807, 2.05) is 0 Å². The summed E-state index contributed by atoms with van der Waals surface area (Å²) in [4.78, 5) is 16.1. The van der Waals surface area contributed by atoms with Crippen LogP contribution in [-0.2, 0) is 16.6 Å². The molecule has 0 radical (unpaired) electrons. The highest BCUT2D eigenvalue weighted by Gasteiger charge is 2.15. The van der Waals surface area contributed by atoms with Crippen molar-refractivity contribution in [1.29, 1.82) is 0 Å². The Kier molecular flexibility index (Phi) is 5.58. The largest absolute Gasteiger partial charge is 0.322 e. The molecular formula is C19H16FN3O3S. The molecule has 1 heterocycles. The summed E-state index contributed by atoms with van der Waals surface area (Å²) in [6.45, 7) is 0.137. The number of carbonyl (C=O) groups is 1. The minimum absolute atomic E-state index is 0.0508. The third-order valence-corrected chi connectivity index (χ3v) is 5.16. The summed E-state index contributed by atoms with van der Waals surface area (Å²) in [6, 6.07) is 14.3. The van der Waals surface area contributed by atoms with Gasteiger partial charge in [0.15, 0.2) is 0 Å². The molecule has 0 unspecified atom stereocenters. The van der Waals surface area contributed by atoms with E-state index in [9.17, 15) is 17.6 Å². The number of pyridine rings is 1. The summed E-state index contributed by atoms with van der Waals surface area (Å²) >= 11 is 0. The van der Waals surface area contributed by atoms with Crippen LogP contribution in [0, 0.1) is 5.82 Å². The number of rotatable bonds is 6. The Morgan fingerprint density at radius 2 is 1.56 bits per heavy atom. The third kappa shape index (κ3) is 4.96. The average Bonchev–Trinajstić information content (AvgIpc) is 2.69. The standard InChI is InChI=1S/C19H16FN3O3S/c20-16-3-5-17(6-4-16)23-19(24)15-1-7-18(8-2-15)27(25,26)22-13-14-9-11-21-12-10-14/h1-12,22H,13H2,(H,23,24). The Hall–Kier alpha value is -3.10. The lowest BCUT2D eigenvalue weighted by molar-refractivity contribution is 0.102. The Bertz CT molecular complexity index is 1020. The predicted molar refractivity (Wildman–Crippen MR) is 99.1 cm³/mol. The van der Waals surface area contributed by atoms with Crippen LogP contribution in [0.2, 0.25) is 0 Å². The molecule has 8 heteroatoms. The van der Waals surface area contributed by atoms with Crippen LogP contribution in [0.25, 0.3) is 0 Å². The van der Waals surface area contributed by atoms with E-state index in [1.165, 1.54) is 48.5 Å². The molecule has 2 N–H and O–H groups in total. The van der Waals surface area contributed by atoms with Crippen LogP contribution < -0.4 is 10.0 Å². The fourth-order valence-electron chi connectivity index (χ4n) is 2.28. The van der Waals surface area contributed by atoms with Gasteiger partial charge in [-0.25, -0.2) is 17.5 Å². The lowest BCUT2D eigenvalue weighted by Gasteiger charge is -2.08. The molecule has 2 aromatic carbocycles. The number of nitrogens with zero attached hydrogens (tertiary/aromatic N) is 1. The first kappa shape index (κ1) is 18.7. The Morgan fingerprint density at radius 1 is 0.926 bits per heavy atom. The zero-order chi connectivity index (χ0) is 19.3. The maximum atomic E-state index is 12.9.